The van der Waals surface area contributed by atoms with Crippen molar-refractivity contribution in [2.75, 3.05) is 6.61 Å². The maximum atomic E-state index is 5.57. The van der Waals surface area contributed by atoms with Crippen molar-refractivity contribution in [3.8, 4) is 0 Å². The van der Waals surface area contributed by atoms with Crippen molar-refractivity contribution in [1.29, 1.82) is 0 Å². The van der Waals surface area contributed by atoms with Crippen LogP contribution in [0.2, 0.25) is 0 Å². The first-order valence-corrected chi connectivity index (χ1v) is 6.58. The molecule has 0 N–H and O–H groups in total. The second kappa shape index (κ2) is 7.20. The Morgan fingerprint density at radius 1 is 1.33 bits per heavy atom. The van der Waals surface area contributed by atoms with Crippen molar-refractivity contribution in [1.82, 2.24) is 0 Å². The molecule has 0 fully saturated rings. The maximum absolute atomic E-state index is 5.57. The summed E-state index contributed by atoms with van der Waals surface area (Å²) in [5.41, 5.74) is 2.42. The fourth-order valence-electron chi connectivity index (χ4n) is 1.17. The van der Waals surface area contributed by atoms with E-state index >= 15 is 0 Å². The van der Waals surface area contributed by atoms with Gasteiger partial charge in [-0.15, -0.1) is 0 Å². The van der Waals surface area contributed by atoms with Crippen molar-refractivity contribution in [2.24, 2.45) is 0 Å². The van der Waals surface area contributed by atoms with Crippen molar-refractivity contribution in [2.45, 2.75) is 17.3 Å². The van der Waals surface area contributed by atoms with E-state index in [0.717, 1.165) is 0 Å². The zero-order valence-corrected chi connectivity index (χ0v) is 11.8. The molecule has 0 saturated carbocycles. The van der Waals surface area contributed by atoms with Gasteiger partial charge in [-0.1, -0.05) is 68.3 Å². The lowest BCUT2D eigenvalue weighted by molar-refractivity contribution is 0.142. The van der Waals surface area contributed by atoms with Gasteiger partial charge >= 0.3 is 0 Å². The number of rotatable bonds is 5. The van der Waals surface area contributed by atoms with Gasteiger partial charge in [0, 0.05) is 0 Å². The highest BCUT2D eigenvalue weighted by Gasteiger charge is 1.96. The van der Waals surface area contributed by atoms with Crippen LogP contribution in [0.15, 0.2) is 42.0 Å². The second-order valence-electron chi connectivity index (χ2n) is 3.33. The standard InChI is InChI=1S/C12H14Br2O/c1-10(7-12(13)14)8-15-9-11-5-3-2-4-6-11/h2-7,12H,8-9H2,1H3. The molecule has 0 unspecified atom stereocenters. The Kier molecular flexibility index (Phi) is 6.22. The normalized spacial score (nSPS) is 12.1. The van der Waals surface area contributed by atoms with Crippen LogP contribution < -0.4 is 0 Å². The summed E-state index contributed by atoms with van der Waals surface area (Å²) in [4.78, 5) is 0. The summed E-state index contributed by atoms with van der Waals surface area (Å²) < 4.78 is 5.80. The summed E-state index contributed by atoms with van der Waals surface area (Å²) in [5.74, 6) is 0. The van der Waals surface area contributed by atoms with Gasteiger partial charge in [-0.3, -0.25) is 0 Å². The smallest absolute Gasteiger partial charge is 0.0880 e. The van der Waals surface area contributed by atoms with Crippen molar-refractivity contribution in [3.05, 3.63) is 47.5 Å². The molecule has 0 aliphatic heterocycles. The maximum Gasteiger partial charge on any atom is 0.0880 e. The Labute approximate surface area is 108 Å². The summed E-state index contributed by atoms with van der Waals surface area (Å²) in [5, 5.41) is 0. The second-order valence-corrected chi connectivity index (χ2v) is 6.53. The third-order valence-electron chi connectivity index (χ3n) is 1.85. The fourth-order valence-corrected chi connectivity index (χ4v) is 2.07. The van der Waals surface area contributed by atoms with Gasteiger partial charge in [0.25, 0.3) is 0 Å². The number of benzene rings is 1. The molecule has 1 rings (SSSR count). The van der Waals surface area contributed by atoms with Gasteiger partial charge in [-0.05, 0) is 18.1 Å². The zero-order valence-electron chi connectivity index (χ0n) is 8.62. The number of allylic oxidation sites excluding steroid dienone is 1. The molecule has 0 amide bonds. The van der Waals surface area contributed by atoms with Crippen molar-refractivity contribution >= 4 is 31.9 Å². The van der Waals surface area contributed by atoms with Gasteiger partial charge in [-0.25, -0.2) is 0 Å². The first-order valence-electron chi connectivity index (χ1n) is 4.75. The SMILES string of the molecule is CC(=CC(Br)Br)COCc1ccccc1. The minimum absolute atomic E-state index is 0.227. The van der Waals surface area contributed by atoms with Crippen LogP contribution in [0.25, 0.3) is 0 Å². The molecular formula is C12H14Br2O. The van der Waals surface area contributed by atoms with E-state index in [9.17, 15) is 0 Å². The molecule has 0 aromatic heterocycles. The number of hydrogen-bond acceptors (Lipinski definition) is 1. The van der Waals surface area contributed by atoms with Crippen LogP contribution in [0.3, 0.4) is 0 Å². The predicted octanol–water partition coefficient (Wildman–Crippen LogP) is 4.27. The van der Waals surface area contributed by atoms with Gasteiger partial charge < -0.3 is 4.74 Å². The summed E-state index contributed by atoms with van der Waals surface area (Å²) >= 11 is 6.79. The van der Waals surface area contributed by atoms with Gasteiger partial charge in [0.2, 0.25) is 0 Å². The van der Waals surface area contributed by atoms with E-state index in [1.54, 1.807) is 0 Å². The third kappa shape index (κ3) is 6.13. The van der Waals surface area contributed by atoms with E-state index in [-0.39, 0.29) is 3.74 Å². The minimum Gasteiger partial charge on any atom is -0.372 e. The summed E-state index contributed by atoms with van der Waals surface area (Å²) in [7, 11) is 0. The lowest BCUT2D eigenvalue weighted by Crippen LogP contribution is -1.97. The fraction of sp³-hybridized carbons (Fsp3) is 0.333. The van der Waals surface area contributed by atoms with Crippen LogP contribution in [0.1, 0.15) is 12.5 Å². The van der Waals surface area contributed by atoms with E-state index in [2.05, 4.69) is 57.0 Å². The number of ether oxygens (including phenoxy) is 1. The lowest BCUT2D eigenvalue weighted by atomic mass is 10.2. The molecule has 3 heteroatoms. The molecule has 0 bridgehead atoms. The molecule has 0 radical (unpaired) electrons. The molecule has 0 saturated heterocycles. The lowest BCUT2D eigenvalue weighted by Gasteiger charge is -2.05. The third-order valence-corrected chi connectivity index (χ3v) is 2.38. The van der Waals surface area contributed by atoms with Gasteiger partial charge in [0.15, 0.2) is 0 Å². The topological polar surface area (TPSA) is 9.23 Å². The molecule has 82 valence electrons. The molecule has 15 heavy (non-hydrogen) atoms. The Balaban J connectivity index is 2.28. The summed E-state index contributed by atoms with van der Waals surface area (Å²) in [6.07, 6.45) is 2.07. The first kappa shape index (κ1) is 12.9. The highest BCUT2D eigenvalue weighted by Crippen LogP contribution is 2.12. The molecule has 0 heterocycles. The number of halogens is 2. The Morgan fingerprint density at radius 2 is 2.00 bits per heavy atom. The van der Waals surface area contributed by atoms with Crippen LogP contribution in [-0.4, -0.2) is 10.3 Å². The van der Waals surface area contributed by atoms with E-state index in [1.165, 1.54) is 11.1 Å². The first-order chi connectivity index (χ1) is 7.18. The minimum atomic E-state index is 0.227. The Morgan fingerprint density at radius 3 is 2.60 bits per heavy atom. The summed E-state index contributed by atoms with van der Waals surface area (Å²) in [6, 6.07) is 10.2. The molecule has 0 atom stereocenters. The van der Waals surface area contributed by atoms with Gasteiger partial charge in [0.05, 0.1) is 17.0 Å². The average molecular weight is 334 g/mol. The van der Waals surface area contributed by atoms with E-state index in [0.29, 0.717) is 13.2 Å². The highest BCUT2D eigenvalue weighted by atomic mass is 79.9. The van der Waals surface area contributed by atoms with Gasteiger partial charge in [-0.2, -0.15) is 0 Å². The highest BCUT2D eigenvalue weighted by molar-refractivity contribution is 9.24. The molecular weight excluding hydrogens is 320 g/mol. The Hall–Kier alpha value is -0.120. The molecule has 1 nitrogen and oxygen atoms in total. The molecule has 0 aliphatic carbocycles. The molecule has 1 aromatic carbocycles. The summed E-state index contributed by atoms with van der Waals surface area (Å²) in [6.45, 7) is 3.39. The van der Waals surface area contributed by atoms with Crippen LogP contribution in [0.4, 0.5) is 0 Å². The van der Waals surface area contributed by atoms with Crippen LogP contribution >= 0.6 is 31.9 Å². The van der Waals surface area contributed by atoms with Crippen molar-refractivity contribution < 1.29 is 4.74 Å². The van der Waals surface area contributed by atoms with Crippen LogP contribution in [0.5, 0.6) is 0 Å². The predicted molar refractivity (Wildman–Crippen MR) is 71.5 cm³/mol. The largest absolute Gasteiger partial charge is 0.372 e. The molecule has 0 spiro atoms. The van der Waals surface area contributed by atoms with Gasteiger partial charge in [0.1, 0.15) is 0 Å². The van der Waals surface area contributed by atoms with E-state index in [4.69, 9.17) is 4.74 Å². The van der Waals surface area contributed by atoms with Crippen LogP contribution in [-0.2, 0) is 11.3 Å². The number of hydrogen-bond donors (Lipinski definition) is 0. The van der Waals surface area contributed by atoms with Crippen molar-refractivity contribution in [3.63, 3.8) is 0 Å². The number of alkyl halides is 2. The monoisotopic (exact) mass is 332 g/mol. The molecule has 1 aromatic rings. The van der Waals surface area contributed by atoms with Crippen LogP contribution in [0, 0.1) is 0 Å². The average Bonchev–Trinajstić information content (AvgIpc) is 2.18. The zero-order chi connectivity index (χ0) is 11.1. The Bertz CT molecular complexity index is 307. The van der Waals surface area contributed by atoms with E-state index in [1.807, 2.05) is 18.2 Å². The van der Waals surface area contributed by atoms with E-state index < -0.39 is 0 Å². The quantitative estimate of drug-likeness (QED) is 0.577. The molecule has 0 aliphatic rings.